The van der Waals surface area contributed by atoms with Gasteiger partial charge in [-0.3, -0.25) is 9.36 Å². The van der Waals surface area contributed by atoms with Gasteiger partial charge in [0.1, 0.15) is 0 Å². The van der Waals surface area contributed by atoms with Gasteiger partial charge < -0.3 is 5.32 Å². The summed E-state index contributed by atoms with van der Waals surface area (Å²) in [6.07, 6.45) is 2.23. The second kappa shape index (κ2) is 4.94. The van der Waals surface area contributed by atoms with Crippen molar-refractivity contribution in [2.45, 2.75) is 32.4 Å². The van der Waals surface area contributed by atoms with Crippen LogP contribution in [0.5, 0.6) is 0 Å². The summed E-state index contributed by atoms with van der Waals surface area (Å²) in [6.45, 7) is 3.58. The Hall–Kier alpha value is -1.39. The molecule has 1 fully saturated rings. The summed E-state index contributed by atoms with van der Waals surface area (Å²) in [7, 11) is 0. The van der Waals surface area contributed by atoms with Crippen LogP contribution < -0.4 is 10.9 Å². The first-order valence-corrected chi connectivity index (χ1v) is 6.93. The molecule has 5 heteroatoms. The molecule has 1 saturated heterocycles. The minimum absolute atomic E-state index is 0.0521. The predicted molar refractivity (Wildman–Crippen MR) is 76.8 cm³/mol. The summed E-state index contributed by atoms with van der Waals surface area (Å²) in [5.74, 6) is 0. The summed E-state index contributed by atoms with van der Waals surface area (Å²) in [4.78, 5) is 16.8. The third-order valence-corrected chi connectivity index (χ3v) is 3.92. The highest BCUT2D eigenvalue weighted by atomic mass is 35.5. The van der Waals surface area contributed by atoms with Gasteiger partial charge in [0.25, 0.3) is 5.56 Å². The molecule has 2 aromatic rings. The third-order valence-electron chi connectivity index (χ3n) is 3.63. The molecule has 1 atom stereocenters. The van der Waals surface area contributed by atoms with Crippen molar-refractivity contribution in [3.8, 4) is 0 Å². The van der Waals surface area contributed by atoms with Crippen LogP contribution in [0.1, 0.15) is 18.4 Å². The molecule has 0 amide bonds. The van der Waals surface area contributed by atoms with Gasteiger partial charge in [-0.05, 0) is 55.6 Å². The molecule has 0 saturated carbocycles. The lowest BCUT2D eigenvalue weighted by Gasteiger charge is -2.14. The SMILES string of the molecule is Cc1ccc2c(=O)n(CC3CCCN3)c(Cl)nc2c1. The highest BCUT2D eigenvalue weighted by molar-refractivity contribution is 6.28. The molecular formula is C14H16ClN3O. The highest BCUT2D eigenvalue weighted by Gasteiger charge is 2.18. The topological polar surface area (TPSA) is 46.9 Å². The first-order valence-electron chi connectivity index (χ1n) is 6.55. The molecule has 3 rings (SSSR count). The zero-order valence-corrected chi connectivity index (χ0v) is 11.6. The van der Waals surface area contributed by atoms with Gasteiger partial charge >= 0.3 is 0 Å². The van der Waals surface area contributed by atoms with Crippen molar-refractivity contribution in [2.24, 2.45) is 0 Å². The number of nitrogens with zero attached hydrogens (tertiary/aromatic N) is 2. The van der Waals surface area contributed by atoms with E-state index < -0.39 is 0 Å². The first kappa shape index (κ1) is 12.6. The fraction of sp³-hybridized carbons (Fsp3) is 0.429. The number of nitrogens with one attached hydrogen (secondary N) is 1. The molecule has 100 valence electrons. The number of benzene rings is 1. The number of aryl methyl sites for hydroxylation is 1. The average Bonchev–Trinajstić information content (AvgIpc) is 2.87. The van der Waals surface area contributed by atoms with Gasteiger partial charge in [-0.1, -0.05) is 6.07 Å². The summed E-state index contributed by atoms with van der Waals surface area (Å²) < 4.78 is 1.57. The van der Waals surface area contributed by atoms with Gasteiger partial charge in [-0.15, -0.1) is 0 Å². The minimum Gasteiger partial charge on any atom is -0.312 e. The first-order chi connectivity index (χ1) is 9.15. The van der Waals surface area contributed by atoms with E-state index in [0.29, 0.717) is 23.5 Å². The van der Waals surface area contributed by atoms with E-state index in [1.54, 1.807) is 4.57 Å². The van der Waals surface area contributed by atoms with Crippen LogP contribution in [-0.2, 0) is 6.54 Å². The Kier molecular flexibility index (Phi) is 3.29. The van der Waals surface area contributed by atoms with Gasteiger partial charge in [0, 0.05) is 12.6 Å². The Morgan fingerprint density at radius 2 is 2.37 bits per heavy atom. The van der Waals surface area contributed by atoms with Gasteiger partial charge in [0.2, 0.25) is 5.28 Å². The average molecular weight is 278 g/mol. The summed E-state index contributed by atoms with van der Waals surface area (Å²) in [5.41, 5.74) is 1.69. The fourth-order valence-corrected chi connectivity index (χ4v) is 2.83. The van der Waals surface area contributed by atoms with E-state index >= 15 is 0 Å². The zero-order chi connectivity index (χ0) is 13.4. The van der Waals surface area contributed by atoms with E-state index in [1.165, 1.54) is 0 Å². The zero-order valence-electron chi connectivity index (χ0n) is 10.8. The molecule has 19 heavy (non-hydrogen) atoms. The van der Waals surface area contributed by atoms with Crippen molar-refractivity contribution >= 4 is 22.5 Å². The van der Waals surface area contributed by atoms with Gasteiger partial charge in [0.05, 0.1) is 10.9 Å². The van der Waals surface area contributed by atoms with Crippen molar-refractivity contribution in [1.82, 2.24) is 14.9 Å². The van der Waals surface area contributed by atoms with E-state index in [-0.39, 0.29) is 10.8 Å². The number of fused-ring (bicyclic) bond motifs is 1. The molecule has 0 aliphatic carbocycles. The minimum atomic E-state index is -0.0521. The predicted octanol–water partition coefficient (Wildman–Crippen LogP) is 2.11. The van der Waals surface area contributed by atoms with Crippen LogP contribution in [0, 0.1) is 6.92 Å². The Morgan fingerprint density at radius 3 is 3.11 bits per heavy atom. The Morgan fingerprint density at radius 1 is 1.53 bits per heavy atom. The van der Waals surface area contributed by atoms with Crippen molar-refractivity contribution in [2.75, 3.05) is 6.54 Å². The van der Waals surface area contributed by atoms with E-state index in [4.69, 9.17) is 11.6 Å². The Bertz CT molecular complexity index is 674. The third kappa shape index (κ3) is 2.38. The second-order valence-electron chi connectivity index (χ2n) is 5.11. The number of halogens is 1. The molecule has 0 radical (unpaired) electrons. The van der Waals surface area contributed by atoms with Crippen molar-refractivity contribution in [1.29, 1.82) is 0 Å². The molecule has 0 spiro atoms. The molecule has 1 aliphatic rings. The van der Waals surface area contributed by atoms with Crippen LogP contribution in [0.25, 0.3) is 10.9 Å². The maximum Gasteiger partial charge on any atom is 0.262 e. The normalized spacial score (nSPS) is 19.2. The van der Waals surface area contributed by atoms with Crippen molar-refractivity contribution < 1.29 is 0 Å². The molecule has 1 N–H and O–H groups in total. The van der Waals surface area contributed by atoms with Crippen LogP contribution in [0.4, 0.5) is 0 Å². The number of aromatic nitrogens is 2. The van der Waals surface area contributed by atoms with Crippen molar-refractivity contribution in [3.63, 3.8) is 0 Å². The monoisotopic (exact) mass is 277 g/mol. The summed E-state index contributed by atoms with van der Waals surface area (Å²) in [6, 6.07) is 5.97. The standard InChI is InChI=1S/C14H16ClN3O/c1-9-4-5-11-12(7-9)17-14(15)18(13(11)19)8-10-3-2-6-16-10/h4-5,7,10,16H,2-3,6,8H2,1H3. The number of hydrogen-bond donors (Lipinski definition) is 1. The van der Waals surface area contributed by atoms with Crippen LogP contribution >= 0.6 is 11.6 Å². The van der Waals surface area contributed by atoms with Crippen molar-refractivity contribution in [3.05, 3.63) is 39.4 Å². The van der Waals surface area contributed by atoms with Crippen LogP contribution in [0.15, 0.2) is 23.0 Å². The highest BCUT2D eigenvalue weighted by Crippen LogP contribution is 2.15. The van der Waals surface area contributed by atoms with Crippen LogP contribution in [0.3, 0.4) is 0 Å². The number of hydrogen-bond acceptors (Lipinski definition) is 3. The van der Waals surface area contributed by atoms with E-state index in [1.807, 2.05) is 25.1 Å². The second-order valence-corrected chi connectivity index (χ2v) is 5.45. The Balaban J connectivity index is 2.09. The maximum absolute atomic E-state index is 12.5. The lowest BCUT2D eigenvalue weighted by molar-refractivity contribution is 0.498. The van der Waals surface area contributed by atoms with Crippen LogP contribution in [0.2, 0.25) is 5.28 Å². The van der Waals surface area contributed by atoms with Gasteiger partial charge in [0.15, 0.2) is 0 Å². The largest absolute Gasteiger partial charge is 0.312 e. The van der Waals surface area contributed by atoms with E-state index in [0.717, 1.165) is 24.9 Å². The summed E-state index contributed by atoms with van der Waals surface area (Å²) >= 11 is 6.16. The lowest BCUT2D eigenvalue weighted by Crippen LogP contribution is -2.33. The Labute approximate surface area is 116 Å². The van der Waals surface area contributed by atoms with E-state index in [9.17, 15) is 4.79 Å². The number of rotatable bonds is 2. The molecule has 1 aliphatic heterocycles. The molecule has 4 nitrogen and oxygen atoms in total. The molecule has 1 aromatic carbocycles. The molecule has 1 unspecified atom stereocenters. The smallest absolute Gasteiger partial charge is 0.262 e. The van der Waals surface area contributed by atoms with Gasteiger partial charge in [-0.25, -0.2) is 4.98 Å². The maximum atomic E-state index is 12.5. The lowest BCUT2D eigenvalue weighted by atomic mass is 10.1. The quantitative estimate of drug-likeness (QED) is 0.856. The molecule has 1 aromatic heterocycles. The molecule has 2 heterocycles. The molecule has 0 bridgehead atoms. The summed E-state index contributed by atoms with van der Waals surface area (Å²) in [5, 5.41) is 4.28. The molecular weight excluding hydrogens is 262 g/mol. The fourth-order valence-electron chi connectivity index (χ4n) is 2.60. The van der Waals surface area contributed by atoms with Crippen LogP contribution in [-0.4, -0.2) is 22.1 Å². The van der Waals surface area contributed by atoms with Gasteiger partial charge in [-0.2, -0.15) is 0 Å². The van der Waals surface area contributed by atoms with E-state index in [2.05, 4.69) is 10.3 Å².